The van der Waals surface area contributed by atoms with Gasteiger partial charge < -0.3 is 14.8 Å². The van der Waals surface area contributed by atoms with Gasteiger partial charge in [0.15, 0.2) is 11.6 Å². The Morgan fingerprint density at radius 2 is 2.11 bits per heavy atom. The van der Waals surface area contributed by atoms with Gasteiger partial charge in [-0.2, -0.15) is 0 Å². The van der Waals surface area contributed by atoms with Crippen molar-refractivity contribution in [1.82, 2.24) is 5.32 Å². The van der Waals surface area contributed by atoms with Crippen LogP contribution in [0.1, 0.15) is 13.8 Å². The Morgan fingerprint density at radius 3 is 2.63 bits per heavy atom. The molecule has 0 saturated heterocycles. The van der Waals surface area contributed by atoms with Gasteiger partial charge in [0, 0.05) is 6.07 Å². The molecule has 1 aromatic carbocycles. The van der Waals surface area contributed by atoms with Gasteiger partial charge in [0.25, 0.3) is 0 Å². The van der Waals surface area contributed by atoms with E-state index in [1.54, 1.807) is 20.9 Å². The van der Waals surface area contributed by atoms with Crippen LogP contribution in [0.15, 0.2) is 18.2 Å². The number of halogens is 2. The summed E-state index contributed by atoms with van der Waals surface area (Å²) in [4.78, 5) is 11.7. The standard InChI is InChI=1S/C13H17F2NO3/c1-4-18-12(17)13(2,16-3)8-19-11-6-5-9(14)7-10(11)15/h5-7,16H,4,8H2,1-3H3. The molecule has 4 nitrogen and oxygen atoms in total. The van der Waals surface area contributed by atoms with Crippen LogP contribution in [0.25, 0.3) is 0 Å². The molecular weight excluding hydrogens is 256 g/mol. The Hall–Kier alpha value is -1.69. The Kier molecular flexibility index (Phi) is 5.23. The zero-order valence-electron chi connectivity index (χ0n) is 11.1. The van der Waals surface area contributed by atoms with Crippen LogP contribution < -0.4 is 10.1 Å². The number of ether oxygens (including phenoxy) is 2. The fourth-order valence-corrected chi connectivity index (χ4v) is 1.34. The average molecular weight is 273 g/mol. The van der Waals surface area contributed by atoms with Crippen molar-refractivity contribution in [3.8, 4) is 5.75 Å². The number of hydrogen-bond acceptors (Lipinski definition) is 4. The lowest BCUT2D eigenvalue weighted by molar-refractivity contribution is -0.151. The minimum Gasteiger partial charge on any atom is -0.488 e. The van der Waals surface area contributed by atoms with E-state index in [9.17, 15) is 13.6 Å². The molecule has 0 aliphatic heterocycles. The molecule has 1 N–H and O–H groups in total. The van der Waals surface area contributed by atoms with E-state index in [2.05, 4.69) is 5.32 Å². The summed E-state index contributed by atoms with van der Waals surface area (Å²) in [5.74, 6) is -2.12. The van der Waals surface area contributed by atoms with E-state index in [0.29, 0.717) is 0 Å². The first-order valence-electron chi connectivity index (χ1n) is 5.87. The molecule has 0 heterocycles. The summed E-state index contributed by atoms with van der Waals surface area (Å²) in [7, 11) is 1.57. The lowest BCUT2D eigenvalue weighted by atomic mass is 10.1. The molecule has 0 aliphatic rings. The largest absolute Gasteiger partial charge is 0.488 e. The molecule has 0 radical (unpaired) electrons. The van der Waals surface area contributed by atoms with Gasteiger partial charge in [0.05, 0.1) is 6.61 Å². The van der Waals surface area contributed by atoms with Gasteiger partial charge in [0.1, 0.15) is 18.0 Å². The molecule has 1 rings (SSSR count). The topological polar surface area (TPSA) is 47.6 Å². The van der Waals surface area contributed by atoms with Crippen LogP contribution in [0.2, 0.25) is 0 Å². The van der Waals surface area contributed by atoms with Crippen LogP contribution in [-0.4, -0.2) is 31.8 Å². The Bertz CT molecular complexity index is 454. The third-order valence-electron chi connectivity index (χ3n) is 2.69. The van der Waals surface area contributed by atoms with Crippen LogP contribution in [0.3, 0.4) is 0 Å². The van der Waals surface area contributed by atoms with Gasteiger partial charge in [-0.1, -0.05) is 0 Å². The molecule has 1 unspecified atom stereocenters. The summed E-state index contributed by atoms with van der Waals surface area (Å²) in [5, 5.41) is 2.77. The van der Waals surface area contributed by atoms with Crippen LogP contribution in [-0.2, 0) is 9.53 Å². The zero-order valence-corrected chi connectivity index (χ0v) is 11.1. The summed E-state index contributed by atoms with van der Waals surface area (Å²) in [6.45, 7) is 3.37. The van der Waals surface area contributed by atoms with E-state index in [-0.39, 0.29) is 19.0 Å². The number of esters is 1. The van der Waals surface area contributed by atoms with Gasteiger partial charge in [0.2, 0.25) is 0 Å². The van der Waals surface area contributed by atoms with E-state index in [4.69, 9.17) is 9.47 Å². The molecule has 0 aliphatic carbocycles. The molecule has 6 heteroatoms. The van der Waals surface area contributed by atoms with E-state index >= 15 is 0 Å². The number of likely N-dealkylation sites (N-methyl/N-ethyl adjacent to an activating group) is 1. The second kappa shape index (κ2) is 6.47. The van der Waals surface area contributed by atoms with Crippen LogP contribution in [0, 0.1) is 11.6 Å². The molecule has 0 amide bonds. The van der Waals surface area contributed by atoms with Crippen LogP contribution in [0.5, 0.6) is 5.75 Å². The summed E-state index contributed by atoms with van der Waals surface area (Å²) in [5.41, 5.74) is -1.10. The maximum Gasteiger partial charge on any atom is 0.329 e. The zero-order chi connectivity index (χ0) is 14.5. The third-order valence-corrected chi connectivity index (χ3v) is 2.69. The summed E-state index contributed by atoms with van der Waals surface area (Å²) >= 11 is 0. The summed E-state index contributed by atoms with van der Waals surface area (Å²) in [6, 6.07) is 2.97. The van der Waals surface area contributed by atoms with Crippen molar-refractivity contribution in [3.63, 3.8) is 0 Å². The van der Waals surface area contributed by atoms with Gasteiger partial charge in [-0.15, -0.1) is 0 Å². The first kappa shape index (κ1) is 15.4. The molecule has 0 saturated carbocycles. The van der Waals surface area contributed by atoms with Crippen molar-refractivity contribution >= 4 is 5.97 Å². The fraction of sp³-hybridized carbons (Fsp3) is 0.462. The van der Waals surface area contributed by atoms with Crippen molar-refractivity contribution in [2.45, 2.75) is 19.4 Å². The molecule has 0 spiro atoms. The Balaban J connectivity index is 2.74. The predicted molar refractivity (Wildman–Crippen MR) is 66.0 cm³/mol. The Morgan fingerprint density at radius 1 is 1.42 bits per heavy atom. The molecule has 0 aromatic heterocycles. The SMILES string of the molecule is CCOC(=O)C(C)(COc1ccc(F)cc1F)NC. The number of rotatable bonds is 6. The first-order chi connectivity index (χ1) is 8.92. The smallest absolute Gasteiger partial charge is 0.329 e. The first-order valence-corrected chi connectivity index (χ1v) is 5.87. The monoisotopic (exact) mass is 273 g/mol. The second-order valence-electron chi connectivity index (χ2n) is 4.17. The molecule has 0 fully saturated rings. The minimum atomic E-state index is -1.10. The van der Waals surface area contributed by atoms with Crippen molar-refractivity contribution in [1.29, 1.82) is 0 Å². The number of carbonyl (C=O) groups is 1. The van der Waals surface area contributed by atoms with E-state index in [1.165, 1.54) is 6.07 Å². The number of carbonyl (C=O) groups excluding carboxylic acids is 1. The fourth-order valence-electron chi connectivity index (χ4n) is 1.34. The van der Waals surface area contributed by atoms with Crippen molar-refractivity contribution in [2.75, 3.05) is 20.3 Å². The normalized spacial score (nSPS) is 13.7. The van der Waals surface area contributed by atoms with E-state index in [0.717, 1.165) is 12.1 Å². The van der Waals surface area contributed by atoms with Crippen LogP contribution >= 0.6 is 0 Å². The van der Waals surface area contributed by atoms with E-state index < -0.39 is 23.1 Å². The molecule has 1 atom stereocenters. The van der Waals surface area contributed by atoms with Gasteiger partial charge in [-0.25, -0.2) is 13.6 Å². The van der Waals surface area contributed by atoms with Crippen LogP contribution in [0.4, 0.5) is 8.78 Å². The average Bonchev–Trinajstić information content (AvgIpc) is 2.37. The second-order valence-corrected chi connectivity index (χ2v) is 4.17. The molecule has 1 aromatic rings. The molecule has 19 heavy (non-hydrogen) atoms. The highest BCUT2D eigenvalue weighted by Crippen LogP contribution is 2.19. The maximum absolute atomic E-state index is 13.4. The molecular formula is C13H17F2NO3. The van der Waals surface area contributed by atoms with Crippen molar-refractivity contribution < 1.29 is 23.0 Å². The molecule has 0 bridgehead atoms. The lowest BCUT2D eigenvalue weighted by Gasteiger charge is -2.26. The maximum atomic E-state index is 13.4. The summed E-state index contributed by atoms with van der Waals surface area (Å²) in [6.07, 6.45) is 0. The number of benzene rings is 1. The summed E-state index contributed by atoms with van der Waals surface area (Å²) < 4.78 is 36.2. The third kappa shape index (κ3) is 3.89. The van der Waals surface area contributed by atoms with Gasteiger partial charge in [-0.3, -0.25) is 0 Å². The Labute approximate surface area is 110 Å². The molecule has 106 valence electrons. The number of nitrogens with one attached hydrogen (secondary N) is 1. The van der Waals surface area contributed by atoms with Gasteiger partial charge in [-0.05, 0) is 33.0 Å². The highest BCUT2D eigenvalue weighted by molar-refractivity contribution is 5.80. The quantitative estimate of drug-likeness (QED) is 0.804. The van der Waals surface area contributed by atoms with E-state index in [1.807, 2.05) is 0 Å². The highest BCUT2D eigenvalue weighted by Gasteiger charge is 2.34. The highest BCUT2D eigenvalue weighted by atomic mass is 19.1. The lowest BCUT2D eigenvalue weighted by Crippen LogP contribution is -2.53. The number of hydrogen-bond donors (Lipinski definition) is 1. The van der Waals surface area contributed by atoms with Gasteiger partial charge >= 0.3 is 5.97 Å². The predicted octanol–water partition coefficient (Wildman–Crippen LogP) is 1.88. The van der Waals surface area contributed by atoms with Crippen molar-refractivity contribution in [3.05, 3.63) is 29.8 Å². The minimum absolute atomic E-state index is 0.118. The van der Waals surface area contributed by atoms with Crippen molar-refractivity contribution in [2.24, 2.45) is 0 Å².